The van der Waals surface area contributed by atoms with Crippen molar-refractivity contribution in [1.29, 1.82) is 0 Å². The second kappa shape index (κ2) is 9.55. The molecule has 0 aromatic carbocycles. The first-order chi connectivity index (χ1) is 6.29. The smallest absolute Gasteiger partial charge is 0.321 e. The van der Waals surface area contributed by atoms with Crippen LogP contribution in [0, 0.1) is 0 Å². The number of amides is 1. The molecule has 0 heterocycles. The van der Waals surface area contributed by atoms with Crippen molar-refractivity contribution in [2.75, 3.05) is 6.61 Å². The van der Waals surface area contributed by atoms with Crippen LogP contribution in [0.3, 0.4) is 0 Å². The van der Waals surface area contributed by atoms with Crippen LogP contribution in [0.4, 0.5) is 0 Å². The molecule has 0 fully saturated rings. The Morgan fingerprint density at radius 3 is 2.21 bits per heavy atom. The zero-order valence-corrected chi connectivity index (χ0v) is 10.2. The molecule has 0 spiro atoms. The van der Waals surface area contributed by atoms with Gasteiger partial charge in [-0.15, -0.1) is 0 Å². The number of rotatable bonds is 5. The Bertz CT molecular complexity index is 190. The highest BCUT2D eigenvalue weighted by atomic mass is 32.5. The normalized spacial score (nSPS) is 10.3. The molecule has 0 bridgehead atoms. The van der Waals surface area contributed by atoms with Gasteiger partial charge in [0, 0.05) is 6.92 Å². The topological polar surface area (TPSA) is 92.8 Å². The van der Waals surface area contributed by atoms with Gasteiger partial charge < -0.3 is 20.0 Å². The van der Waals surface area contributed by atoms with E-state index in [2.05, 4.69) is 29.0 Å². The Hall–Kier alpha value is -0.0000000000000000833. The van der Waals surface area contributed by atoms with Crippen LogP contribution in [0.1, 0.15) is 33.1 Å². The summed E-state index contributed by atoms with van der Waals surface area (Å²) in [6.07, 6.45) is 2.97. The van der Waals surface area contributed by atoms with Gasteiger partial charge in [0.25, 0.3) is 0 Å². The first-order valence-electron chi connectivity index (χ1n) is 4.25. The quantitative estimate of drug-likeness (QED) is 0.492. The zero-order chi connectivity index (χ0) is 11.6. The van der Waals surface area contributed by atoms with Crippen molar-refractivity contribution in [3.8, 4) is 0 Å². The lowest BCUT2D eigenvalue weighted by molar-refractivity contribution is -0.115. The minimum Gasteiger partial charge on any atom is -0.370 e. The van der Waals surface area contributed by atoms with Crippen LogP contribution in [-0.4, -0.2) is 22.3 Å². The molecule has 7 heteroatoms. The molecule has 0 aromatic rings. The van der Waals surface area contributed by atoms with Crippen molar-refractivity contribution < 1.29 is 19.1 Å². The number of unbranched alkanes of at least 4 members (excludes halogenated alkanes) is 2. The average molecular weight is 243 g/mol. The van der Waals surface area contributed by atoms with Crippen LogP contribution in [0.25, 0.3) is 0 Å². The third-order valence-corrected chi connectivity index (χ3v) is 1.84. The van der Waals surface area contributed by atoms with E-state index < -0.39 is 6.72 Å². The summed E-state index contributed by atoms with van der Waals surface area (Å²) >= 11 is 4.23. The van der Waals surface area contributed by atoms with Crippen LogP contribution in [0.2, 0.25) is 0 Å². The summed E-state index contributed by atoms with van der Waals surface area (Å²) in [7, 11) is 0. The molecule has 4 N–H and O–H groups in total. The highest BCUT2D eigenvalue weighted by Crippen LogP contribution is 2.36. The molecule has 5 nitrogen and oxygen atoms in total. The Labute approximate surface area is 89.5 Å². The van der Waals surface area contributed by atoms with Crippen molar-refractivity contribution in [1.82, 2.24) is 0 Å². The van der Waals surface area contributed by atoms with Crippen molar-refractivity contribution in [3.63, 3.8) is 0 Å². The van der Waals surface area contributed by atoms with E-state index in [0.29, 0.717) is 6.61 Å². The lowest BCUT2D eigenvalue weighted by atomic mass is 10.3. The second-order valence-electron chi connectivity index (χ2n) is 2.64. The second-order valence-corrected chi connectivity index (χ2v) is 5.31. The van der Waals surface area contributed by atoms with Gasteiger partial charge in [0.2, 0.25) is 5.91 Å². The van der Waals surface area contributed by atoms with E-state index in [9.17, 15) is 4.79 Å². The van der Waals surface area contributed by atoms with E-state index in [1.54, 1.807) is 0 Å². The van der Waals surface area contributed by atoms with Crippen LogP contribution >= 0.6 is 6.72 Å². The highest BCUT2D eigenvalue weighted by Gasteiger charge is 2.05. The monoisotopic (exact) mass is 243 g/mol. The maximum Gasteiger partial charge on any atom is 0.321 e. The predicted octanol–water partition coefficient (Wildman–Crippen LogP) is 0.894. The summed E-state index contributed by atoms with van der Waals surface area (Å²) in [6.45, 7) is 0.356. The molecule has 0 saturated carbocycles. The molecule has 0 unspecified atom stereocenters. The Kier molecular flexibility index (Phi) is 11.2. The first kappa shape index (κ1) is 16.4. The van der Waals surface area contributed by atoms with E-state index in [0.717, 1.165) is 19.3 Å². The number of carbonyl (C=O) groups excluding carboxylic acids is 1. The summed E-state index contributed by atoms with van der Waals surface area (Å²) < 4.78 is 4.57. The predicted molar refractivity (Wildman–Crippen MR) is 59.1 cm³/mol. The minimum atomic E-state index is -3.37. The summed E-state index contributed by atoms with van der Waals surface area (Å²) in [4.78, 5) is 26.4. The minimum absolute atomic E-state index is 0.333. The zero-order valence-electron chi connectivity index (χ0n) is 8.47. The van der Waals surface area contributed by atoms with Crippen molar-refractivity contribution >= 4 is 24.4 Å². The van der Waals surface area contributed by atoms with Gasteiger partial charge in [-0.1, -0.05) is 19.8 Å². The lowest BCUT2D eigenvalue weighted by Crippen LogP contribution is -2.01. The maximum absolute atomic E-state index is 9.22. The molecular formula is C7H18NO4PS. The summed E-state index contributed by atoms with van der Waals surface area (Å²) in [6, 6.07) is 0. The standard InChI is InChI=1S/C5H13O3PS.C2H5NO/c1-2-3-4-5-8-9(6,7)10;1-2(3)4/h2-5H2,1H3,(H2,6,7,10);1H3,(H2,3,4). The van der Waals surface area contributed by atoms with Crippen molar-refractivity contribution in [3.05, 3.63) is 0 Å². The van der Waals surface area contributed by atoms with Gasteiger partial charge in [-0.3, -0.25) is 4.79 Å². The summed E-state index contributed by atoms with van der Waals surface area (Å²) in [5.74, 6) is -0.333. The summed E-state index contributed by atoms with van der Waals surface area (Å²) in [5.41, 5.74) is 4.47. The van der Waals surface area contributed by atoms with Crippen LogP contribution in [-0.2, 0) is 21.1 Å². The van der Waals surface area contributed by atoms with Gasteiger partial charge in [0.1, 0.15) is 0 Å². The Morgan fingerprint density at radius 2 is 1.93 bits per heavy atom. The van der Waals surface area contributed by atoms with Gasteiger partial charge in [-0.05, 0) is 18.2 Å². The lowest BCUT2D eigenvalue weighted by Gasteiger charge is -2.06. The molecule has 86 valence electrons. The van der Waals surface area contributed by atoms with Crippen LogP contribution in [0.15, 0.2) is 0 Å². The summed E-state index contributed by atoms with van der Waals surface area (Å²) in [5, 5.41) is 0. The fraction of sp³-hybridized carbons (Fsp3) is 0.857. The molecule has 0 rings (SSSR count). The first-order valence-corrected chi connectivity index (χ1v) is 6.88. The third-order valence-electron chi connectivity index (χ3n) is 1.01. The van der Waals surface area contributed by atoms with Crippen molar-refractivity contribution in [2.45, 2.75) is 33.1 Å². The molecule has 1 amide bonds. The molecule has 0 aliphatic rings. The number of nitrogens with two attached hydrogens (primary N) is 1. The number of primary amides is 1. The van der Waals surface area contributed by atoms with Gasteiger partial charge in [-0.25, -0.2) is 0 Å². The number of hydrogen-bond acceptors (Lipinski definition) is 3. The molecule has 0 aliphatic carbocycles. The van der Waals surface area contributed by atoms with E-state index in [1.807, 2.05) is 0 Å². The fourth-order valence-electron chi connectivity index (χ4n) is 0.536. The Morgan fingerprint density at radius 1 is 1.50 bits per heavy atom. The molecule has 0 aliphatic heterocycles. The largest absolute Gasteiger partial charge is 0.370 e. The number of hydrogen-bond donors (Lipinski definition) is 3. The van der Waals surface area contributed by atoms with E-state index in [1.165, 1.54) is 6.92 Å². The Balaban J connectivity index is 0. The van der Waals surface area contributed by atoms with Gasteiger partial charge in [0.15, 0.2) is 0 Å². The fourth-order valence-corrected chi connectivity index (χ4v) is 1.13. The molecule has 14 heavy (non-hydrogen) atoms. The van der Waals surface area contributed by atoms with E-state index >= 15 is 0 Å². The molecule has 0 atom stereocenters. The maximum atomic E-state index is 9.22. The highest BCUT2D eigenvalue weighted by molar-refractivity contribution is 8.06. The SMILES string of the molecule is CC(N)=O.CCCCCOP(O)(O)=S. The van der Waals surface area contributed by atoms with Gasteiger partial charge >= 0.3 is 6.72 Å². The van der Waals surface area contributed by atoms with E-state index in [-0.39, 0.29) is 5.91 Å². The van der Waals surface area contributed by atoms with Crippen LogP contribution < -0.4 is 5.73 Å². The van der Waals surface area contributed by atoms with Gasteiger partial charge in [-0.2, -0.15) is 0 Å². The number of carbonyl (C=O) groups is 1. The van der Waals surface area contributed by atoms with Gasteiger partial charge in [0.05, 0.1) is 6.61 Å². The molecule has 0 aromatic heterocycles. The molecule has 0 radical (unpaired) electrons. The van der Waals surface area contributed by atoms with Crippen LogP contribution in [0.5, 0.6) is 0 Å². The molecular weight excluding hydrogens is 225 g/mol. The van der Waals surface area contributed by atoms with E-state index in [4.69, 9.17) is 9.79 Å². The third kappa shape index (κ3) is 29.6. The van der Waals surface area contributed by atoms with Crippen molar-refractivity contribution in [2.24, 2.45) is 5.73 Å². The average Bonchev–Trinajstić information content (AvgIpc) is 1.95. The molecule has 0 saturated heterocycles.